The largest absolute Gasteiger partial charge is 0.336 e. The van der Waals surface area contributed by atoms with E-state index in [1.54, 1.807) is 6.20 Å². The Balaban J connectivity index is 1.96. The van der Waals surface area contributed by atoms with Crippen molar-refractivity contribution in [3.63, 3.8) is 0 Å². The third kappa shape index (κ3) is 3.49. The van der Waals surface area contributed by atoms with Crippen molar-refractivity contribution >= 4 is 17.4 Å². The number of rotatable bonds is 5. The third-order valence-electron chi connectivity index (χ3n) is 3.21. The summed E-state index contributed by atoms with van der Waals surface area (Å²) in [6.45, 7) is 4.76. The fourth-order valence-corrected chi connectivity index (χ4v) is 2.79. The van der Waals surface area contributed by atoms with E-state index in [2.05, 4.69) is 21.8 Å². The maximum atomic E-state index is 12.3. The molecule has 1 fully saturated rings. The van der Waals surface area contributed by atoms with Gasteiger partial charge in [0.05, 0.1) is 6.20 Å². The van der Waals surface area contributed by atoms with Gasteiger partial charge in [0.25, 0.3) is 5.91 Å². The summed E-state index contributed by atoms with van der Waals surface area (Å²) in [5.74, 6) is 0.0687. The molecule has 2 heterocycles. The van der Waals surface area contributed by atoms with Gasteiger partial charge in [0.15, 0.2) is 0 Å². The minimum absolute atomic E-state index is 0.0687. The maximum Gasteiger partial charge on any atom is 0.267 e. The van der Waals surface area contributed by atoms with Crippen molar-refractivity contribution in [3.8, 4) is 0 Å². The average molecular weight is 268 g/mol. The maximum absolute atomic E-state index is 12.3. The van der Waals surface area contributed by atoms with Gasteiger partial charge in [-0.25, -0.2) is 0 Å². The zero-order valence-corrected chi connectivity index (χ0v) is 11.6. The number of piperidine rings is 1. The molecule has 2 rings (SSSR count). The molecule has 1 aliphatic rings. The number of carbonyl (C=O) groups excluding carboxylic acids is 1. The topological polar surface area (TPSA) is 58.1 Å². The van der Waals surface area contributed by atoms with Crippen LogP contribution in [0.3, 0.4) is 0 Å². The Morgan fingerprint density at radius 2 is 2.50 bits per heavy atom. The third-order valence-corrected chi connectivity index (χ3v) is 3.86. The molecule has 18 heavy (non-hydrogen) atoms. The monoisotopic (exact) mass is 268 g/mol. The number of nitrogens with one attached hydrogen (secondary N) is 1. The van der Waals surface area contributed by atoms with E-state index in [1.165, 1.54) is 24.4 Å². The molecule has 1 aromatic heterocycles. The fourth-order valence-electron chi connectivity index (χ4n) is 2.31. The van der Waals surface area contributed by atoms with E-state index in [1.807, 2.05) is 4.90 Å². The van der Waals surface area contributed by atoms with Gasteiger partial charge in [-0.3, -0.25) is 4.79 Å². The highest BCUT2D eigenvalue weighted by atomic mass is 32.1. The Kier molecular flexibility index (Phi) is 5.07. The lowest BCUT2D eigenvalue weighted by atomic mass is 10.0. The van der Waals surface area contributed by atoms with Crippen molar-refractivity contribution in [2.24, 2.45) is 0 Å². The second-order valence-corrected chi connectivity index (χ2v) is 5.47. The number of nitrogens with zero attached hydrogens (tertiary/aromatic N) is 3. The molecular weight excluding hydrogens is 248 g/mol. The number of carbonyl (C=O) groups is 1. The first-order chi connectivity index (χ1) is 8.81. The molecule has 0 bridgehead atoms. The highest BCUT2D eigenvalue weighted by molar-refractivity contribution is 7.07. The van der Waals surface area contributed by atoms with Gasteiger partial charge in [0, 0.05) is 19.1 Å². The molecule has 1 aromatic rings. The van der Waals surface area contributed by atoms with Crippen molar-refractivity contribution in [2.45, 2.75) is 38.6 Å². The number of amides is 1. The van der Waals surface area contributed by atoms with Crippen molar-refractivity contribution < 1.29 is 4.79 Å². The van der Waals surface area contributed by atoms with Gasteiger partial charge in [-0.1, -0.05) is 17.8 Å². The Morgan fingerprint density at radius 3 is 3.11 bits per heavy atom. The van der Waals surface area contributed by atoms with Crippen LogP contribution in [0, 0.1) is 0 Å². The molecule has 5 nitrogen and oxygen atoms in total. The highest BCUT2D eigenvalue weighted by Gasteiger charge is 2.22. The van der Waals surface area contributed by atoms with Crippen molar-refractivity contribution in [3.05, 3.63) is 11.1 Å². The molecule has 1 aliphatic heterocycles. The minimum Gasteiger partial charge on any atom is -0.336 e. The van der Waals surface area contributed by atoms with E-state index in [-0.39, 0.29) is 5.91 Å². The Morgan fingerprint density at radius 1 is 1.61 bits per heavy atom. The lowest BCUT2D eigenvalue weighted by molar-refractivity contribution is 0.0736. The Hall–Kier alpha value is -1.01. The summed E-state index contributed by atoms with van der Waals surface area (Å²) in [6.07, 6.45) is 6.20. The van der Waals surface area contributed by atoms with Gasteiger partial charge in [0.2, 0.25) is 0 Å². The molecule has 0 aliphatic carbocycles. The molecule has 1 saturated heterocycles. The zero-order chi connectivity index (χ0) is 12.8. The first kappa shape index (κ1) is 13.4. The van der Waals surface area contributed by atoms with E-state index in [9.17, 15) is 4.79 Å². The zero-order valence-electron chi connectivity index (χ0n) is 10.8. The molecule has 0 aromatic carbocycles. The summed E-state index contributed by atoms with van der Waals surface area (Å²) >= 11 is 1.17. The van der Waals surface area contributed by atoms with E-state index in [0.29, 0.717) is 10.9 Å². The molecule has 1 amide bonds. The second-order valence-electron chi connectivity index (χ2n) is 4.68. The number of aromatic nitrogens is 2. The molecule has 1 N–H and O–H groups in total. The molecule has 1 atom stereocenters. The van der Waals surface area contributed by atoms with Crippen LogP contribution in [0.4, 0.5) is 0 Å². The van der Waals surface area contributed by atoms with Crippen LogP contribution in [0.2, 0.25) is 0 Å². The SMILES string of the molecule is CCCN(CC1CCCCN1)C(=O)c1cnns1. The standard InChI is InChI=1S/C12H20N4OS/c1-2-7-16(9-10-5-3-4-6-13-10)12(17)11-8-14-15-18-11/h8,10,13H,2-7,9H2,1H3. The van der Waals surface area contributed by atoms with Crippen LogP contribution in [0.1, 0.15) is 42.3 Å². The first-order valence-electron chi connectivity index (χ1n) is 6.61. The van der Waals surface area contributed by atoms with Crippen LogP contribution in [0.5, 0.6) is 0 Å². The summed E-state index contributed by atoms with van der Waals surface area (Å²) in [7, 11) is 0. The quantitative estimate of drug-likeness (QED) is 0.880. The Labute approximate surface area is 112 Å². The number of hydrogen-bond acceptors (Lipinski definition) is 5. The molecular formula is C12H20N4OS. The van der Waals surface area contributed by atoms with E-state index < -0.39 is 0 Å². The summed E-state index contributed by atoms with van der Waals surface area (Å²) in [4.78, 5) is 14.9. The predicted octanol–water partition coefficient (Wildman–Crippen LogP) is 1.53. The van der Waals surface area contributed by atoms with Gasteiger partial charge in [-0.05, 0) is 37.3 Å². The molecule has 0 saturated carbocycles. The van der Waals surface area contributed by atoms with E-state index >= 15 is 0 Å². The molecule has 1 unspecified atom stereocenters. The number of hydrogen-bond donors (Lipinski definition) is 1. The van der Waals surface area contributed by atoms with Gasteiger partial charge >= 0.3 is 0 Å². The van der Waals surface area contributed by atoms with E-state index in [0.717, 1.165) is 32.5 Å². The summed E-state index contributed by atoms with van der Waals surface area (Å²) in [6, 6.07) is 0.440. The van der Waals surface area contributed by atoms with Gasteiger partial charge in [0.1, 0.15) is 4.88 Å². The van der Waals surface area contributed by atoms with Crippen LogP contribution < -0.4 is 5.32 Å². The van der Waals surface area contributed by atoms with Crippen molar-refractivity contribution in [1.82, 2.24) is 19.8 Å². The van der Waals surface area contributed by atoms with Gasteiger partial charge < -0.3 is 10.2 Å². The molecule has 6 heteroatoms. The highest BCUT2D eigenvalue weighted by Crippen LogP contribution is 2.12. The van der Waals surface area contributed by atoms with Crippen LogP contribution in [0.15, 0.2) is 6.20 Å². The summed E-state index contributed by atoms with van der Waals surface area (Å²) in [5, 5.41) is 7.22. The second kappa shape index (κ2) is 6.80. The first-order valence-corrected chi connectivity index (χ1v) is 7.38. The fraction of sp³-hybridized carbons (Fsp3) is 0.750. The van der Waals surface area contributed by atoms with E-state index in [4.69, 9.17) is 0 Å². The molecule has 0 spiro atoms. The van der Waals surface area contributed by atoms with Crippen LogP contribution in [-0.4, -0.2) is 46.1 Å². The Bertz CT molecular complexity index is 362. The van der Waals surface area contributed by atoms with Crippen molar-refractivity contribution in [2.75, 3.05) is 19.6 Å². The predicted molar refractivity (Wildman–Crippen MR) is 71.7 cm³/mol. The van der Waals surface area contributed by atoms with Gasteiger partial charge in [-0.2, -0.15) is 0 Å². The lowest BCUT2D eigenvalue weighted by Crippen LogP contribution is -2.45. The lowest BCUT2D eigenvalue weighted by Gasteiger charge is -2.30. The minimum atomic E-state index is 0.0687. The van der Waals surface area contributed by atoms with Crippen molar-refractivity contribution in [1.29, 1.82) is 0 Å². The summed E-state index contributed by atoms with van der Waals surface area (Å²) in [5.41, 5.74) is 0. The van der Waals surface area contributed by atoms with Gasteiger partial charge in [-0.15, -0.1) is 5.10 Å². The van der Waals surface area contributed by atoms with Crippen LogP contribution >= 0.6 is 11.5 Å². The normalized spacial score (nSPS) is 19.7. The average Bonchev–Trinajstić information content (AvgIpc) is 2.92. The molecule has 0 radical (unpaired) electrons. The smallest absolute Gasteiger partial charge is 0.267 e. The summed E-state index contributed by atoms with van der Waals surface area (Å²) < 4.78 is 3.76. The van der Waals surface area contributed by atoms with Crippen LogP contribution in [0.25, 0.3) is 0 Å². The molecule has 100 valence electrons. The van der Waals surface area contributed by atoms with Crippen LogP contribution in [-0.2, 0) is 0 Å².